The molecule has 1 saturated heterocycles. The standard InChI is InChI=1S/C23H24ClN3OS/c1-16-21(29-23(25-16)19-9-5-6-10-20(19)24)22(28)26-18-11-13-27(14-12-18)15-17-7-3-2-4-8-17/h2-10,18H,11-15H2,1H3,(H,26,28). The fourth-order valence-corrected chi connectivity index (χ4v) is 4.98. The monoisotopic (exact) mass is 425 g/mol. The van der Waals surface area contributed by atoms with E-state index in [-0.39, 0.29) is 11.9 Å². The molecule has 0 saturated carbocycles. The van der Waals surface area contributed by atoms with Crippen molar-refractivity contribution in [2.45, 2.75) is 32.4 Å². The van der Waals surface area contributed by atoms with Crippen molar-refractivity contribution in [2.24, 2.45) is 0 Å². The maximum atomic E-state index is 12.8. The number of hydrogen-bond acceptors (Lipinski definition) is 4. The first-order valence-corrected chi connectivity index (χ1v) is 11.1. The van der Waals surface area contributed by atoms with E-state index < -0.39 is 0 Å². The van der Waals surface area contributed by atoms with Crippen LogP contribution in [0.4, 0.5) is 0 Å². The maximum absolute atomic E-state index is 12.8. The molecule has 0 unspecified atom stereocenters. The molecule has 29 heavy (non-hydrogen) atoms. The Morgan fingerprint density at radius 2 is 1.83 bits per heavy atom. The number of likely N-dealkylation sites (tertiary alicyclic amines) is 1. The van der Waals surface area contributed by atoms with Crippen LogP contribution in [0.3, 0.4) is 0 Å². The van der Waals surface area contributed by atoms with Gasteiger partial charge in [-0.3, -0.25) is 9.69 Å². The van der Waals surface area contributed by atoms with Gasteiger partial charge in [-0.25, -0.2) is 4.98 Å². The van der Waals surface area contributed by atoms with Gasteiger partial charge in [0.15, 0.2) is 0 Å². The number of benzene rings is 2. The number of nitrogens with one attached hydrogen (secondary N) is 1. The van der Waals surface area contributed by atoms with E-state index in [2.05, 4.69) is 39.5 Å². The van der Waals surface area contributed by atoms with Crippen LogP contribution in [0.25, 0.3) is 10.6 Å². The van der Waals surface area contributed by atoms with E-state index in [1.165, 1.54) is 16.9 Å². The summed E-state index contributed by atoms with van der Waals surface area (Å²) in [5.41, 5.74) is 2.96. The second-order valence-electron chi connectivity index (χ2n) is 7.42. The lowest BCUT2D eigenvalue weighted by molar-refractivity contribution is 0.0912. The summed E-state index contributed by atoms with van der Waals surface area (Å²) in [4.78, 5) is 20.6. The zero-order valence-electron chi connectivity index (χ0n) is 16.4. The van der Waals surface area contributed by atoms with E-state index >= 15 is 0 Å². The second-order valence-corrected chi connectivity index (χ2v) is 8.83. The van der Waals surface area contributed by atoms with Gasteiger partial charge in [0.25, 0.3) is 5.91 Å². The van der Waals surface area contributed by atoms with Crippen LogP contribution in [-0.2, 0) is 6.54 Å². The van der Waals surface area contributed by atoms with Gasteiger partial charge in [-0.2, -0.15) is 0 Å². The van der Waals surface area contributed by atoms with Crippen LogP contribution in [0.5, 0.6) is 0 Å². The van der Waals surface area contributed by atoms with E-state index in [0.29, 0.717) is 9.90 Å². The molecule has 0 aliphatic carbocycles. The fourth-order valence-electron chi connectivity index (χ4n) is 3.68. The van der Waals surface area contributed by atoms with E-state index in [9.17, 15) is 4.79 Å². The van der Waals surface area contributed by atoms with Crippen LogP contribution < -0.4 is 5.32 Å². The molecule has 2 aromatic carbocycles. The van der Waals surface area contributed by atoms with Gasteiger partial charge < -0.3 is 5.32 Å². The fraction of sp³-hybridized carbons (Fsp3) is 0.304. The predicted octanol–water partition coefficient (Wildman–Crippen LogP) is 5.17. The highest BCUT2D eigenvalue weighted by Gasteiger charge is 2.23. The number of halogens is 1. The number of piperidine rings is 1. The summed E-state index contributed by atoms with van der Waals surface area (Å²) in [6.45, 7) is 4.84. The minimum atomic E-state index is -0.0280. The summed E-state index contributed by atoms with van der Waals surface area (Å²) >= 11 is 7.70. The molecule has 1 fully saturated rings. The summed E-state index contributed by atoms with van der Waals surface area (Å²) in [6.07, 6.45) is 1.93. The Morgan fingerprint density at radius 1 is 1.14 bits per heavy atom. The highest BCUT2D eigenvalue weighted by atomic mass is 35.5. The molecule has 4 rings (SSSR count). The molecule has 0 bridgehead atoms. The van der Waals surface area contributed by atoms with Crippen LogP contribution in [0.15, 0.2) is 54.6 Å². The summed E-state index contributed by atoms with van der Waals surface area (Å²) in [5.74, 6) is -0.0280. The van der Waals surface area contributed by atoms with Crippen molar-refractivity contribution < 1.29 is 4.79 Å². The molecule has 1 aromatic heterocycles. The number of hydrogen-bond donors (Lipinski definition) is 1. The predicted molar refractivity (Wildman–Crippen MR) is 120 cm³/mol. The number of rotatable bonds is 5. The van der Waals surface area contributed by atoms with Gasteiger partial charge in [0.1, 0.15) is 9.88 Å². The summed E-state index contributed by atoms with van der Waals surface area (Å²) in [7, 11) is 0. The first-order chi connectivity index (χ1) is 14.1. The number of carbonyl (C=O) groups is 1. The van der Waals surface area contributed by atoms with Crippen LogP contribution in [-0.4, -0.2) is 34.9 Å². The average molecular weight is 426 g/mol. The largest absolute Gasteiger partial charge is 0.348 e. The minimum absolute atomic E-state index is 0.0280. The van der Waals surface area contributed by atoms with Crippen molar-refractivity contribution >= 4 is 28.8 Å². The van der Waals surface area contributed by atoms with Crippen LogP contribution in [0.2, 0.25) is 5.02 Å². The Bertz CT molecular complexity index is 981. The third-order valence-corrected chi connectivity index (χ3v) is 6.80. The number of carbonyl (C=O) groups excluding carboxylic acids is 1. The highest BCUT2D eigenvalue weighted by Crippen LogP contribution is 2.32. The Hall–Kier alpha value is -2.21. The molecule has 1 N–H and O–H groups in total. The van der Waals surface area contributed by atoms with Crippen molar-refractivity contribution in [3.8, 4) is 10.6 Å². The van der Waals surface area contributed by atoms with Crippen molar-refractivity contribution in [3.63, 3.8) is 0 Å². The Balaban J connectivity index is 1.35. The van der Waals surface area contributed by atoms with Crippen molar-refractivity contribution in [3.05, 3.63) is 75.8 Å². The molecule has 2 heterocycles. The molecule has 1 amide bonds. The van der Waals surface area contributed by atoms with Crippen molar-refractivity contribution in [1.82, 2.24) is 15.2 Å². The number of aryl methyl sites for hydroxylation is 1. The van der Waals surface area contributed by atoms with Gasteiger partial charge in [-0.15, -0.1) is 11.3 Å². The third-order valence-electron chi connectivity index (χ3n) is 5.28. The molecule has 0 radical (unpaired) electrons. The molecule has 0 spiro atoms. The normalized spacial score (nSPS) is 15.4. The maximum Gasteiger partial charge on any atom is 0.263 e. The van der Waals surface area contributed by atoms with Crippen LogP contribution in [0, 0.1) is 6.92 Å². The number of thiazole rings is 1. The van der Waals surface area contributed by atoms with Gasteiger partial charge >= 0.3 is 0 Å². The number of aromatic nitrogens is 1. The summed E-state index contributed by atoms with van der Waals surface area (Å²) in [6, 6.07) is 18.3. The first kappa shape index (κ1) is 20.1. The lowest BCUT2D eigenvalue weighted by Gasteiger charge is -2.32. The Kier molecular flexibility index (Phi) is 6.28. The van der Waals surface area contributed by atoms with Crippen LogP contribution >= 0.6 is 22.9 Å². The first-order valence-electron chi connectivity index (χ1n) is 9.89. The highest BCUT2D eigenvalue weighted by molar-refractivity contribution is 7.17. The molecule has 4 nitrogen and oxygen atoms in total. The Morgan fingerprint density at radius 3 is 2.55 bits per heavy atom. The van der Waals surface area contributed by atoms with Crippen molar-refractivity contribution in [2.75, 3.05) is 13.1 Å². The summed E-state index contributed by atoms with van der Waals surface area (Å²) in [5, 5.41) is 4.65. The molecule has 0 atom stereocenters. The van der Waals surface area contributed by atoms with Gasteiger partial charge in [0.2, 0.25) is 0 Å². The lowest BCUT2D eigenvalue weighted by atomic mass is 10.0. The zero-order chi connectivity index (χ0) is 20.2. The molecule has 3 aromatic rings. The van der Waals surface area contributed by atoms with Gasteiger partial charge in [-0.1, -0.05) is 60.1 Å². The number of nitrogens with zero attached hydrogens (tertiary/aromatic N) is 2. The average Bonchev–Trinajstić information content (AvgIpc) is 3.12. The van der Waals surface area contributed by atoms with Gasteiger partial charge in [0.05, 0.1) is 10.7 Å². The van der Waals surface area contributed by atoms with E-state index in [4.69, 9.17) is 11.6 Å². The molecule has 1 aliphatic heterocycles. The number of amides is 1. The summed E-state index contributed by atoms with van der Waals surface area (Å²) < 4.78 is 0. The second kappa shape index (κ2) is 9.08. The van der Waals surface area contributed by atoms with E-state index in [1.807, 2.05) is 37.3 Å². The quantitative estimate of drug-likeness (QED) is 0.613. The SMILES string of the molecule is Cc1nc(-c2ccccc2Cl)sc1C(=O)NC1CCN(Cc2ccccc2)CC1. The smallest absolute Gasteiger partial charge is 0.263 e. The van der Waals surface area contributed by atoms with E-state index in [0.717, 1.165) is 48.7 Å². The van der Waals surface area contributed by atoms with Gasteiger partial charge in [0, 0.05) is 31.2 Å². The molecule has 1 aliphatic rings. The van der Waals surface area contributed by atoms with E-state index in [1.54, 1.807) is 0 Å². The molecular weight excluding hydrogens is 402 g/mol. The lowest BCUT2D eigenvalue weighted by Crippen LogP contribution is -2.44. The molecule has 6 heteroatoms. The van der Waals surface area contributed by atoms with Crippen LogP contribution in [0.1, 0.15) is 33.8 Å². The zero-order valence-corrected chi connectivity index (χ0v) is 18.0. The van der Waals surface area contributed by atoms with Crippen molar-refractivity contribution in [1.29, 1.82) is 0 Å². The third kappa shape index (κ3) is 4.86. The minimum Gasteiger partial charge on any atom is -0.348 e. The topological polar surface area (TPSA) is 45.2 Å². The Labute approximate surface area is 180 Å². The van der Waals surface area contributed by atoms with Gasteiger partial charge in [-0.05, 0) is 31.4 Å². The molecular formula is C23H24ClN3OS. The molecule has 150 valence electrons.